The Kier molecular flexibility index (Phi) is 13.2. The fourth-order valence-corrected chi connectivity index (χ4v) is 5.27. The van der Waals surface area contributed by atoms with Gasteiger partial charge in [-0.3, -0.25) is 0 Å². The van der Waals surface area contributed by atoms with Gasteiger partial charge in [0.25, 0.3) is 0 Å². The van der Waals surface area contributed by atoms with Crippen LogP contribution < -0.4 is 14.2 Å². The minimum atomic E-state index is -2.49. The monoisotopic (exact) mass is 724 g/mol. The topological polar surface area (TPSA) is 270 Å². The summed E-state index contributed by atoms with van der Waals surface area (Å²) in [5, 5.41) is 83.1. The van der Waals surface area contributed by atoms with Crippen molar-refractivity contribution in [2.24, 2.45) is 0 Å². The van der Waals surface area contributed by atoms with Crippen molar-refractivity contribution in [2.45, 2.75) is 54.8 Å². The van der Waals surface area contributed by atoms with Crippen LogP contribution in [-0.4, -0.2) is 149 Å². The molecule has 2 aromatic carbocycles. The zero-order valence-corrected chi connectivity index (χ0v) is 27.6. The lowest BCUT2D eigenvalue weighted by molar-refractivity contribution is -0.383. The molecule has 18 heteroatoms. The first kappa shape index (κ1) is 39.3. The molecule has 2 saturated heterocycles. The second-order valence-electron chi connectivity index (χ2n) is 11.3. The fourth-order valence-electron chi connectivity index (χ4n) is 5.27. The summed E-state index contributed by atoms with van der Waals surface area (Å²) < 4.78 is 42.2. The van der Waals surface area contributed by atoms with Gasteiger partial charge in [0.05, 0.1) is 27.9 Å². The van der Waals surface area contributed by atoms with E-state index in [1.54, 1.807) is 0 Å². The van der Waals surface area contributed by atoms with Crippen LogP contribution in [0.3, 0.4) is 0 Å². The Bertz CT molecular complexity index is 1550. The number of carbonyl (C=O) groups is 2. The third kappa shape index (κ3) is 8.87. The first-order valence-corrected chi connectivity index (χ1v) is 15.3. The molecule has 0 bridgehead atoms. The van der Waals surface area contributed by atoms with Gasteiger partial charge in [-0.05, 0) is 47.5 Å². The zero-order valence-electron chi connectivity index (χ0n) is 27.6. The molecule has 2 aromatic rings. The summed E-state index contributed by atoms with van der Waals surface area (Å²) >= 11 is 0. The van der Waals surface area contributed by atoms with Crippen molar-refractivity contribution in [1.29, 1.82) is 0 Å². The van der Waals surface area contributed by atoms with Crippen molar-refractivity contribution in [2.75, 3.05) is 41.2 Å². The van der Waals surface area contributed by atoms with E-state index in [1.807, 2.05) is 0 Å². The molecule has 0 radical (unpaired) electrons. The van der Waals surface area contributed by atoms with E-state index >= 15 is 0 Å². The van der Waals surface area contributed by atoms with Gasteiger partial charge in [-0.1, -0.05) is 6.07 Å². The highest BCUT2D eigenvalue weighted by molar-refractivity contribution is 5.88. The molecule has 51 heavy (non-hydrogen) atoms. The van der Waals surface area contributed by atoms with Gasteiger partial charge >= 0.3 is 11.9 Å². The molecule has 2 fully saturated rings. The summed E-state index contributed by atoms with van der Waals surface area (Å²) in [5.74, 6) is -4.57. The normalized spacial score (nSPS) is 29.3. The predicted octanol–water partition coefficient (Wildman–Crippen LogP) is -1.43. The number of phenolic OH excluding ortho intramolecular Hbond substituents is 2. The number of carbonyl (C=O) groups excluding carboxylic acids is 2. The molecule has 0 aliphatic carbocycles. The first-order chi connectivity index (χ1) is 24.3. The van der Waals surface area contributed by atoms with Crippen LogP contribution in [0.4, 0.5) is 0 Å². The van der Waals surface area contributed by atoms with E-state index in [1.165, 1.54) is 63.8 Å². The maximum atomic E-state index is 12.8. The standard InChI is InChI=1S/C33H40O18/c1-44-19-10-16(4-7-18(19)36)5-8-24(37)47-14-23-28(41)31(43)33(15-35,50-23)51-32-29(42)30(27(40)22(13-34)48-32)49-25(38)9-6-17-11-20(45-2)26(39)21(12-17)46-3/h4-12,22-23,27-32,34-36,39-43H,13-15H2,1-3H3/t22-,23-,27-,28-,29-,30+,31+,32-,33+/m1/s1. The van der Waals surface area contributed by atoms with E-state index in [-0.39, 0.29) is 28.7 Å². The number of aromatic hydroxyl groups is 2. The van der Waals surface area contributed by atoms with E-state index in [9.17, 15) is 50.4 Å². The highest BCUT2D eigenvalue weighted by Crippen LogP contribution is 2.38. The van der Waals surface area contributed by atoms with Crippen LogP contribution in [0.2, 0.25) is 0 Å². The Labute approximate surface area is 290 Å². The quantitative estimate of drug-likeness (QED) is 0.0819. The van der Waals surface area contributed by atoms with Crippen LogP contribution in [-0.2, 0) is 33.3 Å². The minimum Gasteiger partial charge on any atom is -0.504 e. The second kappa shape index (κ2) is 17.1. The second-order valence-corrected chi connectivity index (χ2v) is 11.3. The van der Waals surface area contributed by atoms with Gasteiger partial charge in [0, 0.05) is 12.2 Å². The maximum Gasteiger partial charge on any atom is 0.331 e. The van der Waals surface area contributed by atoms with E-state index in [0.717, 1.165) is 12.2 Å². The lowest BCUT2D eigenvalue weighted by Crippen LogP contribution is -2.63. The molecule has 4 rings (SSSR count). The minimum absolute atomic E-state index is 0.0481. The van der Waals surface area contributed by atoms with Gasteiger partial charge in [-0.15, -0.1) is 0 Å². The Morgan fingerprint density at radius 2 is 1.41 bits per heavy atom. The van der Waals surface area contributed by atoms with Crippen LogP contribution in [0.5, 0.6) is 28.7 Å². The Morgan fingerprint density at radius 3 is 2.02 bits per heavy atom. The number of aliphatic hydroxyl groups excluding tert-OH is 6. The molecule has 18 nitrogen and oxygen atoms in total. The van der Waals surface area contributed by atoms with Crippen molar-refractivity contribution < 1.29 is 88.3 Å². The molecule has 8 N–H and O–H groups in total. The van der Waals surface area contributed by atoms with E-state index < -0.39 is 86.6 Å². The molecule has 2 aliphatic rings. The molecule has 2 heterocycles. The molecular weight excluding hydrogens is 684 g/mol. The molecular formula is C33H40O18. The number of rotatable bonds is 14. The van der Waals surface area contributed by atoms with Gasteiger partial charge < -0.3 is 78.7 Å². The van der Waals surface area contributed by atoms with Crippen molar-refractivity contribution in [3.8, 4) is 28.7 Å². The molecule has 0 amide bonds. The lowest BCUT2D eigenvalue weighted by atomic mass is 9.98. The van der Waals surface area contributed by atoms with E-state index in [2.05, 4.69) is 0 Å². The number of hydrogen-bond donors (Lipinski definition) is 8. The highest BCUT2D eigenvalue weighted by Gasteiger charge is 2.59. The van der Waals surface area contributed by atoms with Crippen molar-refractivity contribution in [3.05, 3.63) is 53.6 Å². The van der Waals surface area contributed by atoms with Crippen molar-refractivity contribution in [3.63, 3.8) is 0 Å². The largest absolute Gasteiger partial charge is 0.504 e. The third-order valence-corrected chi connectivity index (χ3v) is 8.04. The molecule has 280 valence electrons. The van der Waals surface area contributed by atoms with Crippen LogP contribution in [0.1, 0.15) is 11.1 Å². The summed E-state index contributed by atoms with van der Waals surface area (Å²) in [5.41, 5.74) is 0.823. The van der Waals surface area contributed by atoms with Crippen LogP contribution in [0.15, 0.2) is 42.5 Å². The number of hydrogen-bond acceptors (Lipinski definition) is 18. The molecule has 2 aliphatic heterocycles. The summed E-state index contributed by atoms with van der Waals surface area (Å²) in [6.45, 7) is -2.63. The summed E-state index contributed by atoms with van der Waals surface area (Å²) in [7, 11) is 3.98. The first-order valence-electron chi connectivity index (χ1n) is 15.3. The molecule has 0 aromatic heterocycles. The summed E-state index contributed by atoms with van der Waals surface area (Å²) in [4.78, 5) is 25.1. The number of phenols is 2. The smallest absolute Gasteiger partial charge is 0.331 e. The van der Waals surface area contributed by atoms with Crippen molar-refractivity contribution >= 4 is 24.1 Å². The van der Waals surface area contributed by atoms with E-state index in [4.69, 9.17) is 37.9 Å². The molecule has 0 spiro atoms. The maximum absolute atomic E-state index is 12.8. The lowest BCUT2D eigenvalue weighted by Gasteiger charge is -2.44. The third-order valence-electron chi connectivity index (χ3n) is 8.04. The van der Waals surface area contributed by atoms with E-state index in [0.29, 0.717) is 11.1 Å². The Morgan fingerprint density at radius 1 is 0.804 bits per heavy atom. The number of aliphatic hydroxyl groups is 6. The number of methoxy groups -OCH3 is 3. The molecule has 0 saturated carbocycles. The summed E-state index contributed by atoms with van der Waals surface area (Å²) in [6.07, 6.45) is -9.71. The number of esters is 2. The predicted molar refractivity (Wildman–Crippen MR) is 170 cm³/mol. The Balaban J connectivity index is 1.43. The van der Waals surface area contributed by atoms with Gasteiger partial charge in [0.15, 0.2) is 35.4 Å². The van der Waals surface area contributed by atoms with Gasteiger partial charge in [-0.25, -0.2) is 9.59 Å². The fraction of sp³-hybridized carbons (Fsp3) is 0.455. The number of ether oxygens (including phenoxy) is 8. The van der Waals surface area contributed by atoms with Gasteiger partial charge in [-0.2, -0.15) is 0 Å². The van der Waals surface area contributed by atoms with Crippen LogP contribution in [0.25, 0.3) is 12.2 Å². The molecule has 0 unspecified atom stereocenters. The van der Waals surface area contributed by atoms with Gasteiger partial charge in [0.2, 0.25) is 11.5 Å². The average molecular weight is 725 g/mol. The average Bonchev–Trinajstić information content (AvgIpc) is 3.37. The number of benzene rings is 2. The van der Waals surface area contributed by atoms with Crippen LogP contribution >= 0.6 is 0 Å². The van der Waals surface area contributed by atoms with Crippen LogP contribution in [0, 0.1) is 0 Å². The summed E-state index contributed by atoms with van der Waals surface area (Å²) in [6, 6.07) is 7.11. The Hall–Kier alpha value is -4.50. The van der Waals surface area contributed by atoms with Crippen molar-refractivity contribution in [1.82, 2.24) is 0 Å². The van der Waals surface area contributed by atoms with Gasteiger partial charge in [0.1, 0.15) is 49.8 Å². The SMILES string of the molecule is COc1cc(C=CC(=O)OC[C@H]2O[C@@](CO)(O[C@H]3O[C@H](CO)[C@@H](O)[C@H](OC(=O)C=Cc4cc(OC)c(O)c(OC)c4)[C@H]3O)[C@@H](O)[C@@H]2O)ccc1O. The molecule has 9 atom stereocenters. The highest BCUT2D eigenvalue weighted by atomic mass is 16.8. The zero-order chi connectivity index (χ0) is 37.5.